The minimum Gasteiger partial charge on any atom is -0.466 e. The van der Waals surface area contributed by atoms with Gasteiger partial charge in [-0.1, -0.05) is 6.07 Å². The summed E-state index contributed by atoms with van der Waals surface area (Å²) in [5.74, 6) is -0.0255. The van der Waals surface area contributed by atoms with Gasteiger partial charge < -0.3 is 25.2 Å². The van der Waals surface area contributed by atoms with E-state index in [1.165, 1.54) is 12.2 Å². The van der Waals surface area contributed by atoms with E-state index < -0.39 is 31.8 Å². The van der Waals surface area contributed by atoms with Gasteiger partial charge >= 0.3 is 5.97 Å². The number of aliphatic hydroxyl groups is 4. The highest BCUT2D eigenvalue weighted by Gasteiger charge is 2.26. The predicted molar refractivity (Wildman–Crippen MR) is 107 cm³/mol. The summed E-state index contributed by atoms with van der Waals surface area (Å²) >= 11 is 0. The van der Waals surface area contributed by atoms with E-state index in [1.54, 1.807) is 25.1 Å². The number of benzene rings is 1. The minimum absolute atomic E-state index is 0.0255. The van der Waals surface area contributed by atoms with E-state index in [9.17, 15) is 14.4 Å². The molecule has 1 saturated heterocycles. The third-order valence-corrected chi connectivity index (χ3v) is 4.24. The van der Waals surface area contributed by atoms with E-state index in [0.29, 0.717) is 30.0 Å². The second-order valence-corrected chi connectivity index (χ2v) is 6.49. The summed E-state index contributed by atoms with van der Waals surface area (Å²) in [6.45, 7) is 0.727. The molecule has 0 aromatic heterocycles. The van der Waals surface area contributed by atoms with Gasteiger partial charge in [-0.3, -0.25) is 4.79 Å². The zero-order chi connectivity index (χ0) is 22.8. The highest BCUT2D eigenvalue weighted by atomic mass is 16.5. The maximum Gasteiger partial charge on any atom is 0.305 e. The van der Waals surface area contributed by atoms with Crippen molar-refractivity contribution in [1.29, 1.82) is 0 Å². The van der Waals surface area contributed by atoms with Crippen LogP contribution in [0.3, 0.4) is 0 Å². The molecular formula is C20H28N2O8. The number of aliphatic imine (C=N–C) groups is 2. The van der Waals surface area contributed by atoms with Crippen molar-refractivity contribution in [3.8, 4) is 0 Å². The minimum atomic E-state index is -1.11. The normalized spacial score (nSPS) is 13.0. The van der Waals surface area contributed by atoms with Crippen molar-refractivity contribution in [2.75, 3.05) is 33.0 Å². The smallest absolute Gasteiger partial charge is 0.305 e. The van der Waals surface area contributed by atoms with E-state index in [1.807, 2.05) is 0 Å². The molecule has 0 spiro atoms. The molecule has 166 valence electrons. The van der Waals surface area contributed by atoms with Gasteiger partial charge in [0.25, 0.3) is 0 Å². The SMILES string of the molecule is Cc1c(N=C=O)cccc1N=C=O.O=C1CCCCCO1.OCC(CO)(CO)CO. The monoisotopic (exact) mass is 424 g/mol. The van der Waals surface area contributed by atoms with Crippen LogP contribution < -0.4 is 0 Å². The van der Waals surface area contributed by atoms with E-state index in [2.05, 4.69) is 9.98 Å². The number of carbonyl (C=O) groups is 1. The molecule has 1 aliphatic rings. The molecule has 1 fully saturated rings. The number of esters is 1. The van der Waals surface area contributed by atoms with Crippen LogP contribution >= 0.6 is 0 Å². The molecule has 0 atom stereocenters. The molecule has 10 nitrogen and oxygen atoms in total. The van der Waals surface area contributed by atoms with Gasteiger partial charge in [-0.15, -0.1) is 0 Å². The molecule has 1 aromatic carbocycles. The molecule has 0 radical (unpaired) electrons. The highest BCUT2D eigenvalue weighted by molar-refractivity contribution is 5.69. The fourth-order valence-corrected chi connectivity index (χ4v) is 2.06. The summed E-state index contributed by atoms with van der Waals surface area (Å²) in [5.41, 5.74) is 0.479. The summed E-state index contributed by atoms with van der Waals surface area (Å²) in [7, 11) is 0. The molecule has 1 aliphatic heterocycles. The van der Waals surface area contributed by atoms with E-state index in [4.69, 9.17) is 25.2 Å². The lowest BCUT2D eigenvalue weighted by atomic mass is 9.93. The second kappa shape index (κ2) is 16.1. The molecule has 30 heavy (non-hydrogen) atoms. The number of hydrogen-bond donors (Lipinski definition) is 4. The van der Waals surface area contributed by atoms with Crippen LogP contribution in [0.1, 0.15) is 31.2 Å². The predicted octanol–water partition coefficient (Wildman–Crippen LogP) is 0.975. The average Bonchev–Trinajstić information content (AvgIpc) is 3.02. The molecule has 0 unspecified atom stereocenters. The van der Waals surface area contributed by atoms with Crippen molar-refractivity contribution >= 4 is 29.5 Å². The number of rotatable bonds is 6. The first-order chi connectivity index (χ1) is 14.4. The Labute approximate surface area is 174 Å². The van der Waals surface area contributed by atoms with Crippen LogP contribution in [0, 0.1) is 12.3 Å². The fraction of sp³-hybridized carbons (Fsp3) is 0.550. The Morgan fingerprint density at radius 1 is 0.933 bits per heavy atom. The third kappa shape index (κ3) is 10.2. The maximum absolute atomic E-state index is 10.5. The van der Waals surface area contributed by atoms with Crippen LogP contribution in [0.5, 0.6) is 0 Å². The van der Waals surface area contributed by atoms with Crippen LogP contribution in [-0.2, 0) is 19.1 Å². The molecule has 0 aliphatic carbocycles. The lowest BCUT2D eigenvalue weighted by Crippen LogP contribution is -2.37. The topological polar surface area (TPSA) is 166 Å². The van der Waals surface area contributed by atoms with Crippen LogP contribution in [0.2, 0.25) is 0 Å². The van der Waals surface area contributed by atoms with Crippen molar-refractivity contribution in [1.82, 2.24) is 0 Å². The van der Waals surface area contributed by atoms with Gasteiger partial charge in [-0.05, 0) is 38.3 Å². The van der Waals surface area contributed by atoms with Crippen molar-refractivity contribution in [3.63, 3.8) is 0 Å². The molecule has 2 rings (SSSR count). The molecule has 0 bridgehead atoms. The standard InChI is InChI=1S/C9H6N2O2.C6H10O2.C5H12O4/c1-7-8(10-5-12)3-2-4-9(7)11-6-13;7-6-4-2-1-3-5-8-6;6-1-5(2-7,3-8)4-9/h2-4H,1H3;1-5H2;6-9H,1-4H2. The number of isocyanates is 2. The van der Waals surface area contributed by atoms with Gasteiger partial charge in [0.2, 0.25) is 12.2 Å². The number of carbonyl (C=O) groups excluding carboxylic acids is 3. The Morgan fingerprint density at radius 3 is 1.83 bits per heavy atom. The van der Waals surface area contributed by atoms with E-state index >= 15 is 0 Å². The van der Waals surface area contributed by atoms with Crippen molar-refractivity contribution < 1.29 is 39.5 Å². The van der Waals surface area contributed by atoms with E-state index in [-0.39, 0.29) is 5.97 Å². The number of nitrogens with zero attached hydrogens (tertiary/aromatic N) is 2. The first-order valence-electron chi connectivity index (χ1n) is 9.28. The largest absolute Gasteiger partial charge is 0.466 e. The van der Waals surface area contributed by atoms with Gasteiger partial charge in [-0.2, -0.15) is 9.98 Å². The zero-order valence-corrected chi connectivity index (χ0v) is 16.9. The molecule has 10 heteroatoms. The number of ether oxygens (including phenoxy) is 1. The second-order valence-electron chi connectivity index (χ2n) is 6.49. The van der Waals surface area contributed by atoms with E-state index in [0.717, 1.165) is 19.3 Å². The quantitative estimate of drug-likeness (QED) is 0.298. The number of cyclic esters (lactones) is 1. The molecule has 4 N–H and O–H groups in total. The molecule has 1 aromatic rings. The fourth-order valence-electron chi connectivity index (χ4n) is 2.06. The van der Waals surface area contributed by atoms with Gasteiger partial charge in [0, 0.05) is 12.0 Å². The number of aliphatic hydroxyl groups excluding tert-OH is 4. The first-order valence-corrected chi connectivity index (χ1v) is 9.28. The van der Waals surface area contributed by atoms with Crippen molar-refractivity contribution in [3.05, 3.63) is 23.8 Å². The Morgan fingerprint density at radius 2 is 1.43 bits per heavy atom. The Bertz CT molecular complexity index is 673. The lowest BCUT2D eigenvalue weighted by molar-refractivity contribution is -0.142. The third-order valence-electron chi connectivity index (χ3n) is 4.24. The van der Waals surface area contributed by atoms with Crippen molar-refractivity contribution in [2.45, 2.75) is 32.6 Å². The maximum atomic E-state index is 10.5. The summed E-state index contributed by atoms with van der Waals surface area (Å²) in [6.07, 6.45) is 6.69. The summed E-state index contributed by atoms with van der Waals surface area (Å²) in [6, 6.07) is 4.94. The zero-order valence-electron chi connectivity index (χ0n) is 16.9. The molecule has 0 amide bonds. The summed E-state index contributed by atoms with van der Waals surface area (Å²) in [4.78, 5) is 37.4. The lowest BCUT2D eigenvalue weighted by Gasteiger charge is -2.23. The Kier molecular flexibility index (Phi) is 14.7. The van der Waals surface area contributed by atoms with Crippen LogP contribution in [0.4, 0.5) is 11.4 Å². The molecular weight excluding hydrogens is 396 g/mol. The van der Waals surface area contributed by atoms with Crippen LogP contribution in [0.15, 0.2) is 28.2 Å². The van der Waals surface area contributed by atoms with Crippen LogP contribution in [0.25, 0.3) is 0 Å². The molecule has 1 heterocycles. The average molecular weight is 424 g/mol. The summed E-state index contributed by atoms with van der Waals surface area (Å²) < 4.78 is 4.76. The Balaban J connectivity index is 0.000000438. The highest BCUT2D eigenvalue weighted by Crippen LogP contribution is 2.26. The molecule has 0 saturated carbocycles. The van der Waals surface area contributed by atoms with Crippen LogP contribution in [-0.4, -0.2) is 71.6 Å². The van der Waals surface area contributed by atoms with Gasteiger partial charge in [0.15, 0.2) is 0 Å². The first kappa shape index (κ1) is 27.3. The van der Waals surface area contributed by atoms with Gasteiger partial charge in [0.1, 0.15) is 0 Å². The Hall–Kier alpha value is -2.71. The van der Waals surface area contributed by atoms with Gasteiger partial charge in [0.05, 0.1) is 49.8 Å². The van der Waals surface area contributed by atoms with Gasteiger partial charge in [-0.25, -0.2) is 9.59 Å². The summed E-state index contributed by atoms with van der Waals surface area (Å²) in [5, 5.41) is 34.0. The van der Waals surface area contributed by atoms with Crippen molar-refractivity contribution in [2.24, 2.45) is 15.4 Å². The number of hydrogen-bond acceptors (Lipinski definition) is 10.